The maximum absolute atomic E-state index is 12.4. The third-order valence-corrected chi connectivity index (χ3v) is 4.27. The van der Waals surface area contributed by atoms with Crippen LogP contribution in [0.3, 0.4) is 0 Å². The smallest absolute Gasteiger partial charge is 0.323 e. The van der Waals surface area contributed by atoms with Gasteiger partial charge in [-0.1, -0.05) is 12.1 Å². The number of methoxy groups -OCH3 is 2. The lowest BCUT2D eigenvalue weighted by atomic mass is 10.1. The molecule has 136 valence electrons. The van der Waals surface area contributed by atoms with E-state index in [4.69, 9.17) is 9.47 Å². The van der Waals surface area contributed by atoms with E-state index in [2.05, 4.69) is 10.6 Å². The van der Waals surface area contributed by atoms with Crippen molar-refractivity contribution in [3.8, 4) is 11.5 Å². The Bertz CT molecular complexity index is 851. The molecule has 7 nitrogen and oxygen atoms in total. The first-order valence-corrected chi connectivity index (χ1v) is 8.23. The van der Waals surface area contributed by atoms with Crippen molar-refractivity contribution in [2.45, 2.75) is 13.3 Å². The number of rotatable bonds is 4. The van der Waals surface area contributed by atoms with Crippen molar-refractivity contribution >= 4 is 29.0 Å². The number of fused-ring (bicyclic) bond motifs is 1. The van der Waals surface area contributed by atoms with Crippen LogP contribution in [0.25, 0.3) is 0 Å². The molecule has 26 heavy (non-hydrogen) atoms. The number of hydrogen-bond donors (Lipinski definition) is 2. The van der Waals surface area contributed by atoms with E-state index in [1.807, 2.05) is 18.2 Å². The summed E-state index contributed by atoms with van der Waals surface area (Å²) in [6, 6.07) is 10.4. The third kappa shape index (κ3) is 3.42. The Morgan fingerprint density at radius 2 is 1.88 bits per heavy atom. The molecule has 0 atom stereocenters. The van der Waals surface area contributed by atoms with Gasteiger partial charge in [0.25, 0.3) is 0 Å². The van der Waals surface area contributed by atoms with Crippen LogP contribution in [0.4, 0.5) is 21.9 Å². The Morgan fingerprint density at radius 1 is 1.08 bits per heavy atom. The highest BCUT2D eigenvalue weighted by Gasteiger charge is 2.22. The van der Waals surface area contributed by atoms with Crippen molar-refractivity contribution in [1.29, 1.82) is 0 Å². The molecule has 0 fully saturated rings. The molecule has 0 aromatic heterocycles. The van der Waals surface area contributed by atoms with E-state index >= 15 is 0 Å². The van der Waals surface area contributed by atoms with Crippen LogP contribution < -0.4 is 25.0 Å². The van der Waals surface area contributed by atoms with Gasteiger partial charge in [0, 0.05) is 24.8 Å². The number of urea groups is 1. The molecule has 0 saturated heterocycles. The van der Waals surface area contributed by atoms with Crippen LogP contribution in [0.5, 0.6) is 11.5 Å². The Balaban J connectivity index is 1.76. The van der Waals surface area contributed by atoms with Gasteiger partial charge in [-0.3, -0.25) is 4.79 Å². The van der Waals surface area contributed by atoms with E-state index in [-0.39, 0.29) is 5.91 Å². The number of benzene rings is 2. The summed E-state index contributed by atoms with van der Waals surface area (Å²) >= 11 is 0. The van der Waals surface area contributed by atoms with Gasteiger partial charge in [0.2, 0.25) is 5.91 Å². The van der Waals surface area contributed by atoms with Gasteiger partial charge in [0.15, 0.2) is 11.5 Å². The van der Waals surface area contributed by atoms with Crippen LogP contribution in [0.15, 0.2) is 36.4 Å². The lowest BCUT2D eigenvalue weighted by Gasteiger charge is -2.16. The van der Waals surface area contributed by atoms with E-state index in [9.17, 15) is 9.59 Å². The number of nitrogens with zero attached hydrogens (tertiary/aromatic N) is 1. The van der Waals surface area contributed by atoms with Gasteiger partial charge in [-0.25, -0.2) is 4.79 Å². The minimum Gasteiger partial charge on any atom is -0.493 e. The second-order valence-corrected chi connectivity index (χ2v) is 5.88. The van der Waals surface area contributed by atoms with E-state index in [1.54, 1.807) is 23.1 Å². The maximum Gasteiger partial charge on any atom is 0.323 e. The number of anilines is 3. The fraction of sp³-hybridized carbons (Fsp3) is 0.263. The van der Waals surface area contributed by atoms with Crippen molar-refractivity contribution in [2.75, 3.05) is 36.3 Å². The van der Waals surface area contributed by atoms with Gasteiger partial charge in [-0.15, -0.1) is 0 Å². The second kappa shape index (κ2) is 7.35. The molecule has 1 aliphatic rings. The first kappa shape index (κ1) is 17.6. The van der Waals surface area contributed by atoms with Crippen molar-refractivity contribution in [3.63, 3.8) is 0 Å². The number of para-hydroxylation sites is 1. The molecule has 0 radical (unpaired) electrons. The molecule has 1 aliphatic heterocycles. The van der Waals surface area contributed by atoms with Gasteiger partial charge in [0.1, 0.15) is 0 Å². The Labute approximate surface area is 151 Å². The summed E-state index contributed by atoms with van der Waals surface area (Å²) in [5.74, 6) is 0.966. The molecule has 2 N–H and O–H groups in total. The SMILES string of the molecule is COc1cccc(NC(=O)Nc2ccc3c(c2)N(C(C)=O)CC3)c1OC. The van der Waals surface area contributed by atoms with Crippen LogP contribution in [-0.2, 0) is 11.2 Å². The van der Waals surface area contributed by atoms with Crippen LogP contribution in [-0.4, -0.2) is 32.7 Å². The Hall–Kier alpha value is -3.22. The zero-order valence-corrected chi connectivity index (χ0v) is 15.0. The van der Waals surface area contributed by atoms with E-state index in [0.717, 1.165) is 17.7 Å². The topological polar surface area (TPSA) is 79.9 Å². The molecule has 0 aliphatic carbocycles. The summed E-state index contributed by atoms with van der Waals surface area (Å²) in [6.07, 6.45) is 0.822. The number of carbonyl (C=O) groups excluding carboxylic acids is 2. The average Bonchev–Trinajstić information content (AvgIpc) is 3.04. The molecule has 0 saturated carbocycles. The minimum atomic E-state index is -0.413. The summed E-state index contributed by atoms with van der Waals surface area (Å²) < 4.78 is 10.5. The largest absolute Gasteiger partial charge is 0.493 e. The molecule has 0 unspecified atom stereocenters. The van der Waals surface area contributed by atoms with Crippen LogP contribution in [0, 0.1) is 0 Å². The Kier molecular flexibility index (Phi) is 4.97. The normalized spacial score (nSPS) is 12.3. The first-order chi connectivity index (χ1) is 12.5. The van der Waals surface area contributed by atoms with Crippen molar-refractivity contribution in [2.24, 2.45) is 0 Å². The number of amides is 3. The summed E-state index contributed by atoms with van der Waals surface area (Å²) in [4.78, 5) is 25.8. The van der Waals surface area contributed by atoms with E-state index in [0.29, 0.717) is 29.4 Å². The number of hydrogen-bond acceptors (Lipinski definition) is 4. The van der Waals surface area contributed by atoms with Crippen LogP contribution >= 0.6 is 0 Å². The van der Waals surface area contributed by atoms with Gasteiger partial charge in [-0.05, 0) is 36.2 Å². The number of ether oxygens (including phenoxy) is 2. The molecule has 3 rings (SSSR count). The quantitative estimate of drug-likeness (QED) is 0.882. The standard InChI is InChI=1S/C19H21N3O4/c1-12(23)22-10-9-13-7-8-14(11-16(13)22)20-19(24)21-15-5-4-6-17(25-2)18(15)26-3/h4-8,11H,9-10H2,1-3H3,(H2,20,21,24). The first-order valence-electron chi connectivity index (χ1n) is 8.23. The predicted octanol–water partition coefficient (Wildman–Crippen LogP) is 3.26. The minimum absolute atomic E-state index is 0.00790. The Morgan fingerprint density at radius 3 is 2.58 bits per heavy atom. The van der Waals surface area contributed by atoms with Crippen LogP contribution in [0.1, 0.15) is 12.5 Å². The molecule has 7 heteroatoms. The highest BCUT2D eigenvalue weighted by molar-refractivity contribution is 6.02. The van der Waals surface area contributed by atoms with Gasteiger partial charge in [0.05, 0.1) is 19.9 Å². The molecule has 3 amide bonds. The highest BCUT2D eigenvalue weighted by Crippen LogP contribution is 2.35. The van der Waals surface area contributed by atoms with E-state index in [1.165, 1.54) is 21.1 Å². The van der Waals surface area contributed by atoms with Crippen molar-refractivity contribution in [1.82, 2.24) is 0 Å². The summed E-state index contributed by atoms with van der Waals surface area (Å²) in [5.41, 5.74) is 3.04. The molecule has 2 aromatic rings. The second-order valence-electron chi connectivity index (χ2n) is 5.88. The summed E-state index contributed by atoms with van der Waals surface area (Å²) in [5, 5.41) is 5.53. The zero-order chi connectivity index (χ0) is 18.7. The summed E-state index contributed by atoms with van der Waals surface area (Å²) in [6.45, 7) is 2.21. The van der Waals surface area contributed by atoms with Crippen molar-refractivity contribution in [3.05, 3.63) is 42.0 Å². The molecule has 2 aromatic carbocycles. The lowest BCUT2D eigenvalue weighted by molar-refractivity contribution is -0.116. The number of nitrogens with one attached hydrogen (secondary N) is 2. The predicted molar refractivity (Wildman–Crippen MR) is 100 cm³/mol. The molecule has 1 heterocycles. The van der Waals surface area contributed by atoms with Gasteiger partial charge >= 0.3 is 6.03 Å². The summed E-state index contributed by atoms with van der Waals surface area (Å²) in [7, 11) is 3.05. The fourth-order valence-corrected chi connectivity index (χ4v) is 3.05. The molecule has 0 bridgehead atoms. The maximum atomic E-state index is 12.4. The number of carbonyl (C=O) groups is 2. The van der Waals surface area contributed by atoms with Gasteiger partial charge < -0.3 is 25.0 Å². The molecular formula is C19H21N3O4. The van der Waals surface area contributed by atoms with E-state index < -0.39 is 6.03 Å². The monoisotopic (exact) mass is 355 g/mol. The average molecular weight is 355 g/mol. The molecular weight excluding hydrogens is 334 g/mol. The third-order valence-electron chi connectivity index (χ3n) is 4.27. The highest BCUT2D eigenvalue weighted by atomic mass is 16.5. The zero-order valence-electron chi connectivity index (χ0n) is 15.0. The van der Waals surface area contributed by atoms with Gasteiger partial charge in [-0.2, -0.15) is 0 Å². The molecule has 0 spiro atoms. The fourth-order valence-electron chi connectivity index (χ4n) is 3.05. The lowest BCUT2D eigenvalue weighted by Crippen LogP contribution is -2.26. The van der Waals surface area contributed by atoms with Crippen molar-refractivity contribution < 1.29 is 19.1 Å². The van der Waals surface area contributed by atoms with Crippen LogP contribution in [0.2, 0.25) is 0 Å².